The molecule has 0 bridgehead atoms. The van der Waals surface area contributed by atoms with E-state index in [-0.39, 0.29) is 18.1 Å². The zero-order chi connectivity index (χ0) is 13.5. The average Bonchev–Trinajstić information content (AvgIpc) is 2.54. The maximum absolute atomic E-state index is 11.4. The van der Waals surface area contributed by atoms with Crippen molar-refractivity contribution in [1.29, 1.82) is 0 Å². The summed E-state index contributed by atoms with van der Waals surface area (Å²) in [6.45, 7) is 3.56. The fraction of sp³-hybridized carbons (Fsp3) is 0.692. The van der Waals surface area contributed by atoms with Gasteiger partial charge in [-0.25, -0.2) is 4.79 Å². The first-order valence-corrected chi connectivity index (χ1v) is 6.28. The zero-order valence-electron chi connectivity index (χ0n) is 10.4. The van der Waals surface area contributed by atoms with Gasteiger partial charge in [-0.15, -0.1) is 0 Å². The highest BCUT2D eigenvalue weighted by Gasteiger charge is 2.31. The van der Waals surface area contributed by atoms with Crippen LogP contribution in [0.4, 0.5) is 0 Å². The highest BCUT2D eigenvalue weighted by Crippen LogP contribution is 2.28. The molecule has 18 heavy (non-hydrogen) atoms. The van der Waals surface area contributed by atoms with Crippen LogP contribution in [0.25, 0.3) is 0 Å². The van der Waals surface area contributed by atoms with E-state index < -0.39 is 18.0 Å². The maximum Gasteiger partial charge on any atom is 0.331 e. The minimum Gasteiger partial charge on any atom is -0.478 e. The molecule has 5 heteroatoms. The van der Waals surface area contributed by atoms with Crippen molar-refractivity contribution >= 4 is 11.9 Å². The molecule has 1 rings (SSSR count). The van der Waals surface area contributed by atoms with Gasteiger partial charge in [0.15, 0.2) is 0 Å². The van der Waals surface area contributed by atoms with Crippen molar-refractivity contribution in [3.8, 4) is 0 Å². The molecule has 102 valence electrons. The zero-order valence-corrected chi connectivity index (χ0v) is 10.4. The van der Waals surface area contributed by atoms with Crippen molar-refractivity contribution in [2.75, 3.05) is 6.61 Å². The van der Waals surface area contributed by atoms with Crippen molar-refractivity contribution in [1.82, 2.24) is 0 Å². The van der Waals surface area contributed by atoms with Gasteiger partial charge in [0.25, 0.3) is 0 Å². The molecule has 0 aromatic rings. The molecule has 0 aliphatic carbocycles. The van der Waals surface area contributed by atoms with Crippen LogP contribution in [0.2, 0.25) is 0 Å². The Morgan fingerprint density at radius 1 is 1.50 bits per heavy atom. The van der Waals surface area contributed by atoms with Crippen LogP contribution in [0, 0.1) is 5.92 Å². The second-order valence-corrected chi connectivity index (χ2v) is 4.58. The van der Waals surface area contributed by atoms with Crippen molar-refractivity contribution in [3.63, 3.8) is 0 Å². The van der Waals surface area contributed by atoms with Gasteiger partial charge in [0.2, 0.25) is 0 Å². The third-order valence-electron chi connectivity index (χ3n) is 3.25. The van der Waals surface area contributed by atoms with E-state index in [0.717, 1.165) is 12.8 Å². The Labute approximate surface area is 106 Å². The van der Waals surface area contributed by atoms with Crippen LogP contribution < -0.4 is 0 Å². The first-order chi connectivity index (χ1) is 8.56. The Bertz CT molecular complexity index is 323. The minimum absolute atomic E-state index is 0.00986. The van der Waals surface area contributed by atoms with Crippen LogP contribution in [0.1, 0.15) is 38.5 Å². The molecule has 0 spiro atoms. The Kier molecular flexibility index (Phi) is 5.85. The number of rotatable bonds is 6. The number of aliphatic hydroxyl groups excluding tert-OH is 1. The summed E-state index contributed by atoms with van der Waals surface area (Å²) in [5, 5.41) is 17.9. The molecule has 1 fully saturated rings. The Morgan fingerprint density at radius 3 is 2.83 bits per heavy atom. The number of carbonyl (C=O) groups excluding carboxylic acids is 1. The summed E-state index contributed by atoms with van der Waals surface area (Å²) in [5.74, 6) is -1.75. The van der Waals surface area contributed by atoms with E-state index in [9.17, 15) is 9.59 Å². The highest BCUT2D eigenvalue weighted by atomic mass is 16.5. The van der Waals surface area contributed by atoms with E-state index in [1.807, 2.05) is 0 Å². The van der Waals surface area contributed by atoms with Gasteiger partial charge in [-0.3, -0.25) is 4.79 Å². The molecule has 1 heterocycles. The van der Waals surface area contributed by atoms with Crippen molar-refractivity contribution in [2.45, 2.75) is 44.6 Å². The summed E-state index contributed by atoms with van der Waals surface area (Å²) in [6, 6.07) is 0. The number of aliphatic hydroxyl groups is 1. The van der Waals surface area contributed by atoms with Gasteiger partial charge in [-0.05, 0) is 32.1 Å². The highest BCUT2D eigenvalue weighted by molar-refractivity contribution is 5.86. The molecule has 0 amide bonds. The van der Waals surface area contributed by atoms with Crippen LogP contribution in [0.15, 0.2) is 12.2 Å². The predicted molar refractivity (Wildman–Crippen MR) is 64.9 cm³/mol. The number of esters is 1. The van der Waals surface area contributed by atoms with Crippen LogP contribution in [0.5, 0.6) is 0 Å². The number of ether oxygens (including phenoxy) is 1. The van der Waals surface area contributed by atoms with E-state index in [0.29, 0.717) is 25.7 Å². The lowest BCUT2D eigenvalue weighted by atomic mass is 9.87. The second-order valence-electron chi connectivity index (χ2n) is 4.58. The summed E-state index contributed by atoms with van der Waals surface area (Å²) < 4.78 is 5.30. The SMILES string of the molecule is C=C(C(=O)O)C(CCCO)C1CCCCC(=O)O1. The fourth-order valence-electron chi connectivity index (χ4n) is 2.24. The second kappa shape index (κ2) is 7.16. The minimum atomic E-state index is -1.07. The van der Waals surface area contributed by atoms with E-state index in [1.54, 1.807) is 0 Å². The van der Waals surface area contributed by atoms with Gasteiger partial charge in [-0.1, -0.05) is 6.58 Å². The van der Waals surface area contributed by atoms with Gasteiger partial charge in [0, 0.05) is 24.5 Å². The molecule has 5 nitrogen and oxygen atoms in total. The largest absolute Gasteiger partial charge is 0.478 e. The number of cyclic esters (lactones) is 1. The Hall–Kier alpha value is -1.36. The van der Waals surface area contributed by atoms with Gasteiger partial charge in [-0.2, -0.15) is 0 Å². The molecular formula is C13H20O5. The average molecular weight is 256 g/mol. The lowest BCUT2D eigenvalue weighted by molar-refractivity contribution is -0.151. The molecule has 2 N–H and O–H groups in total. The molecular weight excluding hydrogens is 236 g/mol. The van der Waals surface area contributed by atoms with Crippen molar-refractivity contribution in [2.24, 2.45) is 5.92 Å². The first-order valence-electron chi connectivity index (χ1n) is 6.28. The molecule has 0 aromatic heterocycles. The molecule has 0 aromatic carbocycles. The van der Waals surface area contributed by atoms with Crippen molar-refractivity contribution in [3.05, 3.63) is 12.2 Å². The quantitative estimate of drug-likeness (QED) is 0.556. The molecule has 2 unspecified atom stereocenters. The lowest BCUT2D eigenvalue weighted by Crippen LogP contribution is -2.29. The normalized spacial score (nSPS) is 21.8. The topological polar surface area (TPSA) is 83.8 Å². The fourth-order valence-corrected chi connectivity index (χ4v) is 2.24. The summed E-state index contributed by atoms with van der Waals surface area (Å²) in [4.78, 5) is 22.4. The first kappa shape index (κ1) is 14.7. The summed E-state index contributed by atoms with van der Waals surface area (Å²) in [6.07, 6.45) is 3.21. The standard InChI is InChI=1S/C13H20O5/c1-9(13(16)17)10(5-4-8-14)11-6-2-3-7-12(15)18-11/h10-11,14H,1-8H2,(H,16,17). The lowest BCUT2D eigenvalue weighted by Gasteiger charge is -2.25. The third-order valence-corrected chi connectivity index (χ3v) is 3.25. The number of carbonyl (C=O) groups is 2. The maximum atomic E-state index is 11.4. The van der Waals surface area contributed by atoms with E-state index in [1.165, 1.54) is 0 Å². The van der Waals surface area contributed by atoms with Gasteiger partial charge < -0.3 is 14.9 Å². The summed E-state index contributed by atoms with van der Waals surface area (Å²) >= 11 is 0. The molecule has 2 atom stereocenters. The third kappa shape index (κ3) is 4.14. The number of hydrogen-bond acceptors (Lipinski definition) is 4. The van der Waals surface area contributed by atoms with Gasteiger partial charge in [0.05, 0.1) is 0 Å². The summed E-state index contributed by atoms with van der Waals surface area (Å²) in [5.41, 5.74) is 0.0585. The van der Waals surface area contributed by atoms with E-state index >= 15 is 0 Å². The van der Waals surface area contributed by atoms with Crippen LogP contribution in [-0.4, -0.2) is 34.9 Å². The number of hydrogen-bond donors (Lipinski definition) is 2. The van der Waals surface area contributed by atoms with Crippen molar-refractivity contribution < 1.29 is 24.5 Å². The van der Waals surface area contributed by atoms with E-state index in [4.69, 9.17) is 14.9 Å². The number of carboxylic acids is 1. The summed E-state index contributed by atoms with van der Waals surface area (Å²) in [7, 11) is 0. The van der Waals surface area contributed by atoms with Crippen LogP contribution >= 0.6 is 0 Å². The molecule has 0 saturated carbocycles. The Balaban J connectivity index is 2.76. The molecule has 1 saturated heterocycles. The predicted octanol–water partition coefficient (Wildman–Crippen LogP) is 1.50. The van der Waals surface area contributed by atoms with Crippen LogP contribution in [-0.2, 0) is 14.3 Å². The molecule has 1 aliphatic heterocycles. The monoisotopic (exact) mass is 256 g/mol. The molecule has 0 radical (unpaired) electrons. The van der Waals surface area contributed by atoms with Crippen LogP contribution in [0.3, 0.4) is 0 Å². The van der Waals surface area contributed by atoms with Gasteiger partial charge in [0.1, 0.15) is 6.10 Å². The number of aliphatic carboxylic acids is 1. The van der Waals surface area contributed by atoms with Gasteiger partial charge >= 0.3 is 11.9 Å². The van der Waals surface area contributed by atoms with E-state index in [2.05, 4.69) is 6.58 Å². The molecule has 1 aliphatic rings. The Morgan fingerprint density at radius 2 is 2.22 bits per heavy atom. The number of carboxylic acid groups (broad SMARTS) is 1. The smallest absolute Gasteiger partial charge is 0.331 e.